The van der Waals surface area contributed by atoms with Crippen molar-refractivity contribution in [1.82, 2.24) is 4.90 Å². The third kappa shape index (κ3) is 2.72. The lowest BCUT2D eigenvalue weighted by Crippen LogP contribution is -2.56. The quantitative estimate of drug-likeness (QED) is 0.817. The van der Waals surface area contributed by atoms with E-state index in [0.29, 0.717) is 16.9 Å². The van der Waals surface area contributed by atoms with Crippen LogP contribution in [0.15, 0.2) is 0 Å². The molecule has 0 aromatic carbocycles. The zero-order valence-electron chi connectivity index (χ0n) is 16.6. The van der Waals surface area contributed by atoms with Crippen LogP contribution in [0.1, 0.15) is 71.6 Å². The highest BCUT2D eigenvalue weighted by atomic mass is 16.3. The fourth-order valence-electron chi connectivity index (χ4n) is 8.25. The summed E-state index contributed by atoms with van der Waals surface area (Å²) < 4.78 is 0. The summed E-state index contributed by atoms with van der Waals surface area (Å²) in [7, 11) is 2.22. The first-order chi connectivity index (χ1) is 11.9. The van der Waals surface area contributed by atoms with Crippen LogP contribution in [0, 0.1) is 34.5 Å². The smallest absolute Gasteiger partial charge is 0.0558 e. The van der Waals surface area contributed by atoms with Crippen LogP contribution < -0.4 is 0 Å². The molecule has 4 rings (SSSR count). The molecule has 4 aliphatic carbocycles. The number of rotatable bonds is 3. The second-order valence-electron chi connectivity index (χ2n) is 10.4. The van der Waals surface area contributed by atoms with E-state index < -0.39 is 0 Å². The molecule has 0 heterocycles. The first-order valence-electron chi connectivity index (χ1n) is 10.9. The van der Waals surface area contributed by atoms with Crippen molar-refractivity contribution < 1.29 is 10.2 Å². The summed E-state index contributed by atoms with van der Waals surface area (Å²) in [4.78, 5) is 2.45. The lowest BCUT2D eigenvalue weighted by Gasteiger charge is -2.61. The number of aliphatic hydroxyl groups is 2. The fraction of sp³-hybridized carbons (Fsp3) is 1.00. The third-order valence-electron chi connectivity index (χ3n) is 9.57. The summed E-state index contributed by atoms with van der Waals surface area (Å²) in [5.74, 6) is 3.43. The molecule has 144 valence electrons. The molecule has 0 amide bonds. The minimum atomic E-state index is -0.0357. The van der Waals surface area contributed by atoms with Crippen molar-refractivity contribution in [3.8, 4) is 0 Å². The molecule has 0 saturated heterocycles. The van der Waals surface area contributed by atoms with Crippen LogP contribution in [0.4, 0.5) is 0 Å². The second kappa shape index (κ2) is 6.49. The lowest BCUT2D eigenvalue weighted by molar-refractivity contribution is -0.128. The topological polar surface area (TPSA) is 43.7 Å². The first kappa shape index (κ1) is 18.3. The van der Waals surface area contributed by atoms with Gasteiger partial charge < -0.3 is 15.1 Å². The summed E-state index contributed by atoms with van der Waals surface area (Å²) >= 11 is 0. The Morgan fingerprint density at radius 2 is 1.64 bits per heavy atom. The van der Waals surface area contributed by atoms with E-state index in [4.69, 9.17) is 0 Å². The molecule has 0 radical (unpaired) electrons. The maximum absolute atomic E-state index is 10.2. The van der Waals surface area contributed by atoms with Crippen LogP contribution in [0.2, 0.25) is 0 Å². The molecule has 4 fully saturated rings. The van der Waals surface area contributed by atoms with Crippen LogP contribution >= 0.6 is 0 Å². The molecule has 4 aliphatic rings. The highest BCUT2D eigenvalue weighted by Crippen LogP contribution is 2.66. The molecular weight excluding hydrogens is 310 g/mol. The molecular formula is C22H39NO2. The Kier molecular flexibility index (Phi) is 4.74. The van der Waals surface area contributed by atoms with Gasteiger partial charge in [-0.15, -0.1) is 0 Å². The highest BCUT2D eigenvalue weighted by molar-refractivity contribution is 5.11. The number of nitrogens with zero attached hydrogens (tertiary/aromatic N) is 1. The van der Waals surface area contributed by atoms with Crippen molar-refractivity contribution in [1.29, 1.82) is 0 Å². The first-order valence-corrected chi connectivity index (χ1v) is 10.9. The Labute approximate surface area is 154 Å². The molecule has 25 heavy (non-hydrogen) atoms. The van der Waals surface area contributed by atoms with Gasteiger partial charge in [0.05, 0.1) is 12.7 Å². The standard InChI is InChI=1S/C22H39NO2/c1-21-10-8-16(25)14-15(21)4-5-17-18-6-7-20(23(3)12-13-24)22(18,2)11-9-19(17)21/h15-20,24-25H,4-14H2,1-3H3/t15-,16-,17-,18+,19-,20+,21-,22-/m0/s1. The van der Waals surface area contributed by atoms with Gasteiger partial charge in [-0.2, -0.15) is 0 Å². The summed E-state index contributed by atoms with van der Waals surface area (Å²) in [6.07, 6.45) is 11.5. The number of likely N-dealkylation sites (N-methyl/N-ethyl adjacent to an activating group) is 1. The Balaban J connectivity index is 1.56. The molecule has 0 aromatic heterocycles. The second-order valence-corrected chi connectivity index (χ2v) is 10.4. The third-order valence-corrected chi connectivity index (χ3v) is 9.57. The Hall–Kier alpha value is -0.120. The van der Waals surface area contributed by atoms with Gasteiger partial charge in [0, 0.05) is 12.6 Å². The summed E-state index contributed by atoms with van der Waals surface area (Å²) in [6.45, 7) is 6.24. The van der Waals surface area contributed by atoms with Gasteiger partial charge in [-0.25, -0.2) is 0 Å². The summed E-state index contributed by atoms with van der Waals surface area (Å²) in [6, 6.07) is 0.657. The van der Waals surface area contributed by atoms with E-state index in [1.165, 1.54) is 44.9 Å². The van der Waals surface area contributed by atoms with E-state index in [9.17, 15) is 10.2 Å². The summed E-state index contributed by atoms with van der Waals surface area (Å²) in [5.41, 5.74) is 0.932. The van der Waals surface area contributed by atoms with Gasteiger partial charge in [0.25, 0.3) is 0 Å². The van der Waals surface area contributed by atoms with Gasteiger partial charge in [-0.05, 0) is 99.3 Å². The van der Waals surface area contributed by atoms with Gasteiger partial charge in [0.1, 0.15) is 0 Å². The molecule has 3 heteroatoms. The minimum Gasteiger partial charge on any atom is -0.395 e. The van der Waals surface area contributed by atoms with Crippen molar-refractivity contribution in [3.63, 3.8) is 0 Å². The largest absolute Gasteiger partial charge is 0.395 e. The normalized spacial score (nSPS) is 52.6. The van der Waals surface area contributed by atoms with Gasteiger partial charge in [-0.3, -0.25) is 0 Å². The number of fused-ring (bicyclic) bond motifs is 5. The van der Waals surface area contributed by atoms with E-state index in [2.05, 4.69) is 25.8 Å². The average Bonchev–Trinajstić information content (AvgIpc) is 2.93. The zero-order valence-corrected chi connectivity index (χ0v) is 16.6. The average molecular weight is 350 g/mol. The molecule has 3 nitrogen and oxygen atoms in total. The van der Waals surface area contributed by atoms with E-state index in [1.54, 1.807) is 0 Å². The molecule has 0 bridgehead atoms. The van der Waals surface area contributed by atoms with E-state index in [1.807, 2.05) is 0 Å². The van der Waals surface area contributed by atoms with E-state index in [0.717, 1.165) is 43.1 Å². The lowest BCUT2D eigenvalue weighted by atomic mass is 9.45. The Bertz CT molecular complexity index is 496. The van der Waals surface area contributed by atoms with Gasteiger partial charge in [0.15, 0.2) is 0 Å². The van der Waals surface area contributed by atoms with Gasteiger partial charge in [-0.1, -0.05) is 13.8 Å². The maximum Gasteiger partial charge on any atom is 0.0558 e. The van der Waals surface area contributed by atoms with Gasteiger partial charge >= 0.3 is 0 Å². The minimum absolute atomic E-state index is 0.0357. The maximum atomic E-state index is 10.2. The molecule has 0 spiro atoms. The number of hydrogen-bond donors (Lipinski definition) is 2. The van der Waals surface area contributed by atoms with Crippen LogP contribution in [-0.2, 0) is 0 Å². The van der Waals surface area contributed by atoms with Crippen molar-refractivity contribution in [3.05, 3.63) is 0 Å². The van der Waals surface area contributed by atoms with E-state index >= 15 is 0 Å². The molecule has 8 atom stereocenters. The molecule has 0 unspecified atom stereocenters. The molecule has 4 saturated carbocycles. The predicted molar refractivity (Wildman–Crippen MR) is 101 cm³/mol. The van der Waals surface area contributed by atoms with Crippen LogP contribution in [0.25, 0.3) is 0 Å². The predicted octanol–water partition coefficient (Wildman–Crippen LogP) is 3.68. The van der Waals surface area contributed by atoms with Crippen LogP contribution in [0.3, 0.4) is 0 Å². The van der Waals surface area contributed by atoms with Crippen molar-refractivity contribution in [2.45, 2.75) is 83.8 Å². The highest BCUT2D eigenvalue weighted by Gasteiger charge is 2.60. The number of aliphatic hydroxyl groups excluding tert-OH is 2. The Morgan fingerprint density at radius 1 is 0.920 bits per heavy atom. The number of hydrogen-bond acceptors (Lipinski definition) is 3. The molecule has 2 N–H and O–H groups in total. The van der Waals surface area contributed by atoms with E-state index in [-0.39, 0.29) is 12.7 Å². The van der Waals surface area contributed by atoms with Crippen molar-refractivity contribution >= 4 is 0 Å². The monoisotopic (exact) mass is 349 g/mol. The van der Waals surface area contributed by atoms with Crippen LogP contribution in [0.5, 0.6) is 0 Å². The fourth-order valence-corrected chi connectivity index (χ4v) is 8.25. The van der Waals surface area contributed by atoms with Crippen molar-refractivity contribution in [2.75, 3.05) is 20.2 Å². The summed E-state index contributed by atoms with van der Waals surface area (Å²) in [5, 5.41) is 19.6. The van der Waals surface area contributed by atoms with Crippen LogP contribution in [-0.4, -0.2) is 47.5 Å². The Morgan fingerprint density at radius 3 is 2.40 bits per heavy atom. The van der Waals surface area contributed by atoms with Crippen molar-refractivity contribution in [2.24, 2.45) is 34.5 Å². The molecule has 0 aromatic rings. The molecule has 0 aliphatic heterocycles. The van der Waals surface area contributed by atoms with Gasteiger partial charge in [0.2, 0.25) is 0 Å². The zero-order chi connectivity index (χ0) is 17.8. The SMILES string of the molecule is CN(CCO)[C@@H]1CC[C@@H]2[C@@H]3CC[C@H]4C[C@@H](O)CC[C@]4(C)[C@H]3CC[C@@]21C.